The van der Waals surface area contributed by atoms with E-state index in [1.165, 1.54) is 6.08 Å². The molecule has 2 aliphatic carbocycles. The van der Waals surface area contributed by atoms with Gasteiger partial charge in [-0.05, 0) is 25.0 Å². The van der Waals surface area contributed by atoms with Crippen LogP contribution in [0, 0.1) is 17.8 Å². The second-order valence-electron chi connectivity index (χ2n) is 8.76. The van der Waals surface area contributed by atoms with Gasteiger partial charge in [0.05, 0.1) is 25.2 Å². The third-order valence-corrected chi connectivity index (χ3v) is 6.94. The van der Waals surface area contributed by atoms with Gasteiger partial charge in [-0.25, -0.2) is 0 Å². The van der Waals surface area contributed by atoms with Gasteiger partial charge in [0.2, 0.25) is 0 Å². The van der Waals surface area contributed by atoms with E-state index in [1.807, 2.05) is 0 Å². The van der Waals surface area contributed by atoms with Crippen molar-refractivity contribution in [3.8, 4) is 0 Å². The average molecular weight is 440 g/mol. The van der Waals surface area contributed by atoms with E-state index >= 15 is 0 Å². The summed E-state index contributed by atoms with van der Waals surface area (Å²) >= 11 is 0. The van der Waals surface area contributed by atoms with Gasteiger partial charge in [0.1, 0.15) is 30.5 Å². The van der Waals surface area contributed by atoms with Crippen LogP contribution in [0.2, 0.25) is 0 Å². The number of rotatable bonds is 4. The maximum atomic E-state index is 12.6. The molecule has 0 amide bonds. The quantitative estimate of drug-likeness (QED) is 0.315. The van der Waals surface area contributed by atoms with Crippen molar-refractivity contribution in [3.63, 3.8) is 0 Å². The Kier molecular flexibility index (Phi) is 6.08. The Morgan fingerprint density at radius 1 is 1.13 bits per heavy atom. The van der Waals surface area contributed by atoms with Crippen molar-refractivity contribution in [2.24, 2.45) is 17.8 Å². The van der Waals surface area contributed by atoms with Crippen LogP contribution in [0.25, 0.3) is 0 Å². The van der Waals surface area contributed by atoms with Crippen molar-refractivity contribution < 1.29 is 49.3 Å². The summed E-state index contributed by atoms with van der Waals surface area (Å²) in [7, 11) is 0. The number of esters is 1. The standard InChI is InChI=1S/C21H28O10/c1-7-3-11(29-21-18(27)17(26)16(25)12(6-23)30-21)14-8(2)20(28)31-19(14)15-9(5-22)4-10(24)13(7)15/h4,8,11-12,14-19,21-23,25-27H,3,5-6H2,1-2H3. The number of carbonyl (C=O) groups is 2. The fraction of sp³-hybridized carbons (Fsp3) is 0.714. The molecular formula is C21H28O10. The van der Waals surface area contributed by atoms with Gasteiger partial charge in [-0.3, -0.25) is 9.59 Å². The summed E-state index contributed by atoms with van der Waals surface area (Å²) in [6.45, 7) is 2.52. The minimum absolute atomic E-state index is 0.237. The van der Waals surface area contributed by atoms with E-state index < -0.39 is 73.2 Å². The minimum atomic E-state index is -1.60. The second kappa shape index (κ2) is 8.36. The van der Waals surface area contributed by atoms with Crippen LogP contribution in [0.1, 0.15) is 20.3 Å². The zero-order valence-electron chi connectivity index (χ0n) is 17.2. The number of fused-ring (bicyclic) bond motifs is 3. The predicted octanol–water partition coefficient (Wildman–Crippen LogP) is -1.81. The number of hydrogen-bond acceptors (Lipinski definition) is 10. The van der Waals surface area contributed by atoms with Gasteiger partial charge in [0.25, 0.3) is 0 Å². The molecule has 0 saturated carbocycles. The third-order valence-electron chi connectivity index (χ3n) is 6.94. The van der Waals surface area contributed by atoms with E-state index in [-0.39, 0.29) is 18.8 Å². The van der Waals surface area contributed by atoms with Crippen molar-refractivity contribution in [1.29, 1.82) is 0 Å². The summed E-state index contributed by atoms with van der Waals surface area (Å²) in [4.78, 5) is 25.1. The fourth-order valence-corrected chi connectivity index (χ4v) is 5.29. The molecule has 10 atom stereocenters. The fourth-order valence-electron chi connectivity index (χ4n) is 5.29. The Morgan fingerprint density at radius 2 is 1.84 bits per heavy atom. The molecule has 4 rings (SSSR count). The van der Waals surface area contributed by atoms with Crippen LogP contribution >= 0.6 is 0 Å². The van der Waals surface area contributed by atoms with E-state index in [1.54, 1.807) is 13.8 Å². The molecule has 0 aromatic heterocycles. The van der Waals surface area contributed by atoms with E-state index in [9.17, 15) is 35.1 Å². The first-order chi connectivity index (χ1) is 14.7. The molecule has 5 N–H and O–H groups in total. The van der Waals surface area contributed by atoms with Crippen molar-refractivity contribution in [2.75, 3.05) is 13.2 Å². The number of allylic oxidation sites excluding steroid dienone is 1. The maximum absolute atomic E-state index is 12.6. The van der Waals surface area contributed by atoms with Crippen LogP contribution in [0.4, 0.5) is 0 Å². The van der Waals surface area contributed by atoms with Gasteiger partial charge in [-0.1, -0.05) is 12.5 Å². The molecule has 2 heterocycles. The molecule has 172 valence electrons. The molecule has 0 aromatic rings. The first-order valence-electron chi connectivity index (χ1n) is 10.4. The molecule has 0 radical (unpaired) electrons. The number of hydrogen-bond donors (Lipinski definition) is 5. The summed E-state index contributed by atoms with van der Waals surface area (Å²) in [5, 5.41) is 49.7. The van der Waals surface area contributed by atoms with Crippen LogP contribution in [0.15, 0.2) is 22.8 Å². The van der Waals surface area contributed by atoms with Crippen molar-refractivity contribution in [2.45, 2.75) is 63.2 Å². The highest BCUT2D eigenvalue weighted by molar-refractivity contribution is 6.09. The molecule has 10 nitrogen and oxygen atoms in total. The number of ether oxygens (including phenoxy) is 3. The molecule has 4 aliphatic rings. The molecule has 31 heavy (non-hydrogen) atoms. The van der Waals surface area contributed by atoms with E-state index in [2.05, 4.69) is 0 Å². The Bertz CT molecular complexity index is 817. The van der Waals surface area contributed by atoms with Gasteiger partial charge < -0.3 is 39.7 Å². The molecule has 2 aliphatic heterocycles. The van der Waals surface area contributed by atoms with Crippen molar-refractivity contribution in [1.82, 2.24) is 0 Å². The summed E-state index contributed by atoms with van der Waals surface area (Å²) in [6, 6.07) is 0. The molecular weight excluding hydrogens is 412 g/mol. The first kappa shape index (κ1) is 22.5. The highest BCUT2D eigenvalue weighted by Gasteiger charge is 2.56. The summed E-state index contributed by atoms with van der Waals surface area (Å²) < 4.78 is 17.2. The lowest BCUT2D eigenvalue weighted by atomic mass is 9.79. The smallest absolute Gasteiger partial charge is 0.309 e. The number of aliphatic hydroxyl groups is 5. The predicted molar refractivity (Wildman–Crippen MR) is 102 cm³/mol. The largest absolute Gasteiger partial charge is 0.461 e. The average Bonchev–Trinajstić information content (AvgIpc) is 3.19. The van der Waals surface area contributed by atoms with E-state index in [0.717, 1.165) is 0 Å². The Morgan fingerprint density at radius 3 is 2.48 bits per heavy atom. The highest BCUT2D eigenvalue weighted by atomic mass is 16.7. The van der Waals surface area contributed by atoms with Gasteiger partial charge in [-0.2, -0.15) is 0 Å². The topological polar surface area (TPSA) is 163 Å². The Labute approximate surface area is 178 Å². The highest BCUT2D eigenvalue weighted by Crippen LogP contribution is 2.49. The number of aliphatic hydroxyl groups excluding tert-OH is 5. The van der Waals surface area contributed by atoms with Crippen LogP contribution in [0.3, 0.4) is 0 Å². The normalized spacial score (nSPS) is 45.2. The van der Waals surface area contributed by atoms with Crippen LogP contribution in [-0.2, 0) is 23.8 Å². The summed E-state index contributed by atoms with van der Waals surface area (Å²) in [5.74, 6) is -2.36. The Balaban J connectivity index is 1.67. The molecule has 0 aromatic carbocycles. The zero-order valence-corrected chi connectivity index (χ0v) is 17.2. The van der Waals surface area contributed by atoms with Gasteiger partial charge in [-0.15, -0.1) is 0 Å². The molecule has 2 fully saturated rings. The van der Waals surface area contributed by atoms with E-state index in [4.69, 9.17) is 14.2 Å². The first-order valence-corrected chi connectivity index (χ1v) is 10.4. The molecule has 10 unspecified atom stereocenters. The Hall–Kier alpha value is -1.66. The third kappa shape index (κ3) is 3.56. The molecule has 0 spiro atoms. The van der Waals surface area contributed by atoms with Crippen LogP contribution in [-0.4, -0.2) is 93.4 Å². The van der Waals surface area contributed by atoms with Gasteiger partial charge in [0, 0.05) is 17.4 Å². The van der Waals surface area contributed by atoms with Crippen LogP contribution in [0.5, 0.6) is 0 Å². The molecule has 10 heteroatoms. The SMILES string of the molecule is CC1=C2C(=O)C=C(CO)C2C2OC(=O)C(C)C2C(OC2OC(CO)C(O)C(O)C2O)C1. The molecule has 2 saturated heterocycles. The number of ketones is 1. The number of carbonyl (C=O) groups excluding carboxylic acids is 2. The lowest BCUT2D eigenvalue weighted by Crippen LogP contribution is -2.60. The van der Waals surface area contributed by atoms with Crippen molar-refractivity contribution >= 4 is 11.8 Å². The van der Waals surface area contributed by atoms with Crippen molar-refractivity contribution in [3.05, 3.63) is 22.8 Å². The monoisotopic (exact) mass is 440 g/mol. The van der Waals surface area contributed by atoms with E-state index in [0.29, 0.717) is 16.7 Å². The zero-order chi connectivity index (χ0) is 22.6. The van der Waals surface area contributed by atoms with Crippen LogP contribution < -0.4 is 0 Å². The van der Waals surface area contributed by atoms with Gasteiger partial charge >= 0.3 is 5.97 Å². The molecule has 0 bridgehead atoms. The lowest BCUT2D eigenvalue weighted by molar-refractivity contribution is -0.316. The minimum Gasteiger partial charge on any atom is -0.461 e. The summed E-state index contributed by atoms with van der Waals surface area (Å²) in [6.07, 6.45) is -7.05. The van der Waals surface area contributed by atoms with Gasteiger partial charge in [0.15, 0.2) is 12.1 Å². The second-order valence-corrected chi connectivity index (χ2v) is 8.76. The lowest BCUT2D eigenvalue weighted by Gasteiger charge is -2.42. The summed E-state index contributed by atoms with van der Waals surface area (Å²) in [5.41, 5.74) is 1.66. The maximum Gasteiger partial charge on any atom is 0.309 e.